The third-order valence-electron chi connectivity index (χ3n) is 10.6. The second-order valence-corrected chi connectivity index (χ2v) is 17.0. The van der Waals surface area contributed by atoms with Crippen LogP contribution in [0.5, 0.6) is 0 Å². The molecule has 1 amide bonds. The number of carbonyl (C=O) groups is 1. The number of carbonyl (C=O) groups excluding carboxylic acids is 1. The molecule has 1 aliphatic carbocycles. The number of benzene rings is 2. The first kappa shape index (κ1) is 40.8. The molecule has 14 nitrogen and oxygen atoms in total. The highest BCUT2D eigenvalue weighted by molar-refractivity contribution is 7.92. The average molecular weight is 874 g/mol. The molecule has 3 N–H and O–H groups in total. The van der Waals surface area contributed by atoms with Gasteiger partial charge in [0, 0.05) is 49.0 Å². The lowest BCUT2D eigenvalue weighted by Crippen LogP contribution is -2.35. The monoisotopic (exact) mass is 873 g/mol. The Kier molecular flexibility index (Phi) is 9.96. The van der Waals surface area contributed by atoms with Crippen molar-refractivity contribution in [1.29, 1.82) is 0 Å². The summed E-state index contributed by atoms with van der Waals surface area (Å²) >= 11 is 6.65. The number of H-pyrrole nitrogens is 1. The molecule has 8 rings (SSSR count). The van der Waals surface area contributed by atoms with Gasteiger partial charge in [-0.1, -0.05) is 31.5 Å². The van der Waals surface area contributed by atoms with Crippen molar-refractivity contribution >= 4 is 55.4 Å². The van der Waals surface area contributed by atoms with Crippen LogP contribution in [0, 0.1) is 17.6 Å². The van der Waals surface area contributed by atoms with Crippen LogP contribution in [-0.4, -0.2) is 64.9 Å². The average Bonchev–Trinajstić information content (AvgIpc) is 3.95. The topological polar surface area (TPSA) is 170 Å². The summed E-state index contributed by atoms with van der Waals surface area (Å²) in [5, 5.41) is 15.4. The number of rotatable bonds is 11. The van der Waals surface area contributed by atoms with Gasteiger partial charge in [-0.15, -0.1) is 0 Å². The maximum atomic E-state index is 15.7. The lowest BCUT2D eigenvalue weighted by molar-refractivity contribution is -0.123. The van der Waals surface area contributed by atoms with Crippen LogP contribution in [0.15, 0.2) is 48.8 Å². The van der Waals surface area contributed by atoms with Crippen LogP contribution in [0.1, 0.15) is 60.4 Å². The summed E-state index contributed by atoms with van der Waals surface area (Å²) in [5.74, 6) is -8.53. The normalized spacial score (nSPS) is 16.9. The van der Waals surface area contributed by atoms with Crippen molar-refractivity contribution in [3.63, 3.8) is 0 Å². The third kappa shape index (κ3) is 7.22. The van der Waals surface area contributed by atoms with Crippen molar-refractivity contribution in [2.24, 2.45) is 20.0 Å². The molecule has 0 saturated carbocycles. The zero-order valence-electron chi connectivity index (χ0n) is 32.2. The molecule has 0 bridgehead atoms. The number of amides is 1. The summed E-state index contributed by atoms with van der Waals surface area (Å²) in [4.78, 5) is 26.8. The van der Waals surface area contributed by atoms with Crippen molar-refractivity contribution in [1.82, 2.24) is 49.6 Å². The molecule has 0 saturated heterocycles. The fraction of sp³-hybridized carbons (Fsp3) is 0.316. The molecule has 1 aliphatic rings. The number of aromatic amines is 1. The number of anilines is 1. The largest absolute Gasteiger partial charge is 0.346 e. The number of aromatic nitrogens is 9. The van der Waals surface area contributed by atoms with Gasteiger partial charge < -0.3 is 10.3 Å². The van der Waals surface area contributed by atoms with Crippen LogP contribution in [0.3, 0.4) is 0 Å². The molecule has 0 unspecified atom stereocenters. The van der Waals surface area contributed by atoms with E-state index in [0.717, 1.165) is 18.4 Å². The maximum absolute atomic E-state index is 15.7. The van der Waals surface area contributed by atoms with E-state index < -0.39 is 75.7 Å². The Morgan fingerprint density at radius 1 is 1.02 bits per heavy atom. The van der Waals surface area contributed by atoms with Crippen LogP contribution in [0.2, 0.25) is 5.02 Å². The molecule has 5 heterocycles. The van der Waals surface area contributed by atoms with E-state index in [-0.39, 0.29) is 50.7 Å². The Labute approximate surface area is 342 Å². The van der Waals surface area contributed by atoms with Gasteiger partial charge in [0.05, 0.1) is 51.2 Å². The summed E-state index contributed by atoms with van der Waals surface area (Å²) in [6.07, 6.45) is 0.662. The lowest BCUT2D eigenvalue weighted by atomic mass is 9.94. The molecule has 22 heteroatoms. The van der Waals surface area contributed by atoms with Gasteiger partial charge in [0.25, 0.3) is 12.3 Å². The molecular weight excluding hydrogens is 840 g/mol. The number of sulfonamides is 1. The summed E-state index contributed by atoms with van der Waals surface area (Å²) in [6.45, 7) is 1.69. The van der Waals surface area contributed by atoms with E-state index in [4.69, 9.17) is 16.6 Å². The van der Waals surface area contributed by atoms with E-state index in [0.29, 0.717) is 38.7 Å². The van der Waals surface area contributed by atoms with E-state index >= 15 is 8.78 Å². The summed E-state index contributed by atoms with van der Waals surface area (Å²) in [6, 6.07) is 6.16. The minimum atomic E-state index is -3.84. The maximum Gasteiger partial charge on any atom is 0.292 e. The fourth-order valence-electron chi connectivity index (χ4n) is 7.87. The van der Waals surface area contributed by atoms with E-state index in [2.05, 4.69) is 35.3 Å². The van der Waals surface area contributed by atoms with E-state index in [1.807, 2.05) is 0 Å². The first-order valence-corrected chi connectivity index (χ1v) is 20.5. The van der Waals surface area contributed by atoms with Gasteiger partial charge in [-0.25, -0.2) is 35.9 Å². The Bertz CT molecular complexity index is 2960. The molecule has 0 aliphatic heterocycles. The third-order valence-corrected chi connectivity index (χ3v) is 11.5. The van der Waals surface area contributed by atoms with Crippen LogP contribution < -0.4 is 10.0 Å². The molecule has 0 radical (unpaired) electrons. The summed E-state index contributed by atoms with van der Waals surface area (Å²) in [5.41, 5.74) is 0.161. The van der Waals surface area contributed by atoms with Crippen LogP contribution >= 0.6 is 11.6 Å². The van der Waals surface area contributed by atoms with Crippen LogP contribution in [0.4, 0.5) is 32.2 Å². The van der Waals surface area contributed by atoms with Crippen molar-refractivity contribution in [3.05, 3.63) is 93.7 Å². The van der Waals surface area contributed by atoms with Gasteiger partial charge in [0.1, 0.15) is 35.4 Å². The Hall–Kier alpha value is -5.96. The highest BCUT2D eigenvalue weighted by Crippen LogP contribution is 2.54. The van der Waals surface area contributed by atoms with E-state index in [1.54, 1.807) is 43.3 Å². The number of pyridine rings is 1. The lowest BCUT2D eigenvalue weighted by Gasteiger charge is -2.23. The number of imidazole rings is 1. The number of alkyl halides is 4. The minimum absolute atomic E-state index is 0.0544. The highest BCUT2D eigenvalue weighted by Gasteiger charge is 2.55. The molecule has 2 aromatic carbocycles. The van der Waals surface area contributed by atoms with Crippen LogP contribution in [0.25, 0.3) is 44.6 Å². The molecule has 3 atom stereocenters. The van der Waals surface area contributed by atoms with Crippen molar-refractivity contribution in [2.45, 2.75) is 51.1 Å². The molecule has 0 spiro atoms. The number of nitrogens with zero attached hydrogens (tertiary/aromatic N) is 8. The van der Waals surface area contributed by atoms with Gasteiger partial charge in [0.15, 0.2) is 11.5 Å². The Morgan fingerprint density at radius 3 is 2.38 bits per heavy atom. The second kappa shape index (κ2) is 14.6. The second-order valence-electron chi connectivity index (χ2n) is 14.9. The number of fused-ring (bicyclic) bond motifs is 3. The molecule has 314 valence electrons. The van der Waals surface area contributed by atoms with Gasteiger partial charge in [0.2, 0.25) is 15.9 Å². The van der Waals surface area contributed by atoms with E-state index in [1.165, 1.54) is 24.6 Å². The number of nitrogens with one attached hydrogen (secondary N) is 3. The summed E-state index contributed by atoms with van der Waals surface area (Å²) in [7, 11) is -0.591. The van der Waals surface area contributed by atoms with Gasteiger partial charge in [-0.2, -0.15) is 24.1 Å². The van der Waals surface area contributed by atoms with Gasteiger partial charge in [-0.3, -0.25) is 23.6 Å². The molecular formula is C38H34ClF6N11O3S. The SMILES string of the molecule is C[C@@H]1c2c(C(F)F)nn(CC(=O)N[C@@H](Cc3cc(F)cc(F)c3)c3nc4nc(-c5cnn(C)c5)[nH]c4cc3-c3ccc(Cl)c4c(NS(C)(=O)=O)nn(C)c34)c2C(F)(F)[C@@H]1C. The van der Waals surface area contributed by atoms with Crippen molar-refractivity contribution in [3.8, 4) is 22.5 Å². The zero-order valence-corrected chi connectivity index (χ0v) is 33.8. The zero-order chi connectivity index (χ0) is 43.2. The van der Waals surface area contributed by atoms with Crippen molar-refractivity contribution in [2.75, 3.05) is 11.0 Å². The molecule has 60 heavy (non-hydrogen) atoms. The highest BCUT2D eigenvalue weighted by atomic mass is 35.5. The van der Waals surface area contributed by atoms with Gasteiger partial charge in [-0.05, 0) is 42.2 Å². The predicted molar refractivity (Wildman–Crippen MR) is 209 cm³/mol. The molecule has 7 aromatic rings. The smallest absolute Gasteiger partial charge is 0.292 e. The minimum Gasteiger partial charge on any atom is -0.346 e. The number of hydrogen-bond donors (Lipinski definition) is 3. The Balaban J connectivity index is 1.32. The fourth-order valence-corrected chi connectivity index (χ4v) is 8.60. The summed E-state index contributed by atoms with van der Waals surface area (Å²) < 4.78 is 120. The Morgan fingerprint density at radius 2 is 1.73 bits per heavy atom. The number of halogens is 7. The first-order chi connectivity index (χ1) is 28.2. The first-order valence-electron chi connectivity index (χ1n) is 18.2. The number of aryl methyl sites for hydroxylation is 2. The number of hydrogen-bond acceptors (Lipinski definition) is 8. The van der Waals surface area contributed by atoms with Gasteiger partial charge >= 0.3 is 0 Å². The quantitative estimate of drug-likeness (QED) is 0.114. The molecule has 5 aromatic heterocycles. The molecule has 0 fully saturated rings. The van der Waals surface area contributed by atoms with E-state index in [9.17, 15) is 30.8 Å². The van der Waals surface area contributed by atoms with Crippen molar-refractivity contribution < 1.29 is 39.6 Å². The predicted octanol–water partition coefficient (Wildman–Crippen LogP) is 7.29. The van der Waals surface area contributed by atoms with Crippen LogP contribution in [-0.2, 0) is 47.8 Å². The standard InChI is InChI=1S/C38H34ClF6N11O3S/c1-16-17(2)38(44,45)33-28(16)31(34(42)43)51-56(33)15-27(57)47-25(10-18-8-20(40)11-21(41)9-18)30-23(12-26-36(49-30)50-35(48-26)19-13-46-54(3)14-19)22-6-7-24(39)29-32(22)55(4)52-37(29)53-60(5,58)59/h6-9,11-14,16-17,25,34H,10,15H2,1-5H3,(H,47,57)(H,52,53)(H,48,49,50)/t16-,17+,25-/m0/s1.